The van der Waals surface area contributed by atoms with Gasteiger partial charge in [0, 0.05) is 6.61 Å². The molecule has 1 aliphatic carbocycles. The summed E-state index contributed by atoms with van der Waals surface area (Å²) in [7, 11) is 0. The molecule has 0 aromatic heterocycles. The first kappa shape index (κ1) is 17.7. The fourth-order valence-corrected chi connectivity index (χ4v) is 3.58. The third-order valence-corrected chi connectivity index (χ3v) is 5.07. The summed E-state index contributed by atoms with van der Waals surface area (Å²) in [6, 6.07) is 18.9. The average molecular weight is 333 g/mol. The number of benzene rings is 2. The van der Waals surface area contributed by atoms with E-state index in [9.17, 15) is 0 Å². The molecule has 2 heteroatoms. The normalized spacial score (nSPS) is 20.4. The highest BCUT2D eigenvalue weighted by atomic mass is 16.5. The molecule has 1 saturated carbocycles. The molecule has 0 radical (unpaired) electrons. The molecule has 0 N–H and O–H groups in total. The zero-order chi connectivity index (χ0) is 17.6. The van der Waals surface area contributed by atoms with Crippen molar-refractivity contribution in [2.75, 3.05) is 6.61 Å². The zero-order valence-electron chi connectivity index (χ0n) is 15.2. The predicted molar refractivity (Wildman–Crippen MR) is 102 cm³/mol. The van der Waals surface area contributed by atoms with Gasteiger partial charge in [-0.05, 0) is 66.3 Å². The Morgan fingerprint density at radius 2 is 1.48 bits per heavy atom. The lowest BCUT2D eigenvalue weighted by Crippen LogP contribution is -2.22. The van der Waals surface area contributed by atoms with Crippen molar-refractivity contribution >= 4 is 0 Å². The molecule has 3 rings (SSSR count). The zero-order valence-corrected chi connectivity index (χ0v) is 15.2. The molecule has 0 amide bonds. The standard InChI is InChI=1S/C23H27NO/c1-17(2)16-25-23-13-11-22(12-14-23)21-9-7-20(8-10-21)19-5-3-18(15-24)4-6-19/h3-10,17,22-23H,11-14,16H2,1-2H3/t22-,23-. The van der Waals surface area contributed by atoms with Gasteiger partial charge in [-0.3, -0.25) is 0 Å². The molecule has 0 spiro atoms. The van der Waals surface area contributed by atoms with Crippen molar-refractivity contribution in [3.8, 4) is 17.2 Å². The number of hydrogen-bond donors (Lipinski definition) is 0. The second-order valence-corrected chi connectivity index (χ2v) is 7.51. The van der Waals surface area contributed by atoms with Crippen LogP contribution in [0.15, 0.2) is 48.5 Å². The van der Waals surface area contributed by atoms with Crippen LogP contribution in [0, 0.1) is 17.2 Å². The predicted octanol–water partition coefficient (Wildman–Crippen LogP) is 5.92. The van der Waals surface area contributed by atoms with Crippen LogP contribution >= 0.6 is 0 Å². The van der Waals surface area contributed by atoms with E-state index in [0.29, 0.717) is 23.5 Å². The molecule has 0 aliphatic heterocycles. The van der Waals surface area contributed by atoms with Gasteiger partial charge in [0.15, 0.2) is 0 Å². The Morgan fingerprint density at radius 3 is 2.00 bits per heavy atom. The van der Waals surface area contributed by atoms with Gasteiger partial charge in [-0.1, -0.05) is 50.2 Å². The first-order valence-electron chi connectivity index (χ1n) is 9.38. The molecule has 0 heterocycles. The van der Waals surface area contributed by atoms with E-state index in [0.717, 1.165) is 12.2 Å². The van der Waals surface area contributed by atoms with E-state index in [1.54, 1.807) is 0 Å². The Kier molecular flexibility index (Phi) is 5.89. The average Bonchev–Trinajstić information content (AvgIpc) is 2.67. The van der Waals surface area contributed by atoms with Crippen molar-refractivity contribution in [1.29, 1.82) is 5.26 Å². The molecule has 130 valence electrons. The summed E-state index contributed by atoms with van der Waals surface area (Å²) in [5.41, 5.74) is 4.52. The largest absolute Gasteiger partial charge is 0.378 e. The molecule has 0 saturated heterocycles. The summed E-state index contributed by atoms with van der Waals surface area (Å²) >= 11 is 0. The fourth-order valence-electron chi connectivity index (χ4n) is 3.58. The maximum atomic E-state index is 8.90. The van der Waals surface area contributed by atoms with Crippen molar-refractivity contribution in [2.24, 2.45) is 5.92 Å². The van der Waals surface area contributed by atoms with E-state index in [4.69, 9.17) is 10.00 Å². The van der Waals surface area contributed by atoms with Gasteiger partial charge in [0.25, 0.3) is 0 Å². The quantitative estimate of drug-likeness (QED) is 0.680. The third-order valence-electron chi connectivity index (χ3n) is 5.07. The molecular weight excluding hydrogens is 306 g/mol. The molecule has 1 aliphatic rings. The minimum Gasteiger partial charge on any atom is -0.378 e. The number of ether oxygens (including phenoxy) is 1. The molecule has 0 unspecified atom stereocenters. The number of nitriles is 1. The van der Waals surface area contributed by atoms with Gasteiger partial charge in [0.2, 0.25) is 0 Å². The van der Waals surface area contributed by atoms with Crippen molar-refractivity contribution in [2.45, 2.75) is 51.6 Å². The molecular formula is C23H27NO. The van der Waals surface area contributed by atoms with Crippen LogP contribution in [0.2, 0.25) is 0 Å². The maximum absolute atomic E-state index is 8.90. The Labute approximate surface area is 151 Å². The highest BCUT2D eigenvalue weighted by Gasteiger charge is 2.23. The summed E-state index contributed by atoms with van der Waals surface area (Å²) < 4.78 is 6.00. The second-order valence-electron chi connectivity index (χ2n) is 7.51. The summed E-state index contributed by atoms with van der Waals surface area (Å²) in [6.45, 7) is 5.30. The van der Waals surface area contributed by atoms with E-state index < -0.39 is 0 Å². The van der Waals surface area contributed by atoms with Crippen LogP contribution in [0.3, 0.4) is 0 Å². The fraction of sp³-hybridized carbons (Fsp3) is 0.435. The summed E-state index contributed by atoms with van der Waals surface area (Å²) in [6.07, 6.45) is 5.25. The van der Waals surface area contributed by atoms with Gasteiger partial charge in [-0.25, -0.2) is 0 Å². The second kappa shape index (κ2) is 8.32. The monoisotopic (exact) mass is 333 g/mol. The summed E-state index contributed by atoms with van der Waals surface area (Å²) in [5, 5.41) is 8.90. The maximum Gasteiger partial charge on any atom is 0.0991 e. The Bertz CT molecular complexity index is 701. The Morgan fingerprint density at radius 1 is 0.920 bits per heavy atom. The molecule has 0 atom stereocenters. The lowest BCUT2D eigenvalue weighted by molar-refractivity contribution is 0.0104. The smallest absolute Gasteiger partial charge is 0.0991 e. The SMILES string of the molecule is CC(C)CO[C@H]1CC[C@H](c2ccc(-c3ccc(C#N)cc3)cc2)CC1. The number of nitrogens with zero attached hydrogens (tertiary/aromatic N) is 1. The van der Waals surface area contributed by atoms with Gasteiger partial charge in [-0.2, -0.15) is 5.26 Å². The molecule has 2 aromatic carbocycles. The number of hydrogen-bond acceptors (Lipinski definition) is 2. The van der Waals surface area contributed by atoms with E-state index in [1.165, 1.54) is 36.8 Å². The van der Waals surface area contributed by atoms with E-state index in [-0.39, 0.29) is 0 Å². The van der Waals surface area contributed by atoms with Crippen molar-refractivity contribution in [1.82, 2.24) is 0 Å². The van der Waals surface area contributed by atoms with Crippen LogP contribution in [-0.4, -0.2) is 12.7 Å². The first-order valence-corrected chi connectivity index (χ1v) is 9.38. The van der Waals surface area contributed by atoms with Crippen LogP contribution in [0.4, 0.5) is 0 Å². The van der Waals surface area contributed by atoms with Crippen LogP contribution in [0.25, 0.3) is 11.1 Å². The van der Waals surface area contributed by atoms with Gasteiger partial charge < -0.3 is 4.74 Å². The topological polar surface area (TPSA) is 33.0 Å². The third kappa shape index (κ3) is 4.71. The van der Waals surface area contributed by atoms with Crippen molar-refractivity contribution < 1.29 is 4.74 Å². The minimum atomic E-state index is 0.455. The summed E-state index contributed by atoms with van der Waals surface area (Å²) in [4.78, 5) is 0. The lowest BCUT2D eigenvalue weighted by atomic mass is 9.82. The Hall–Kier alpha value is -2.11. The van der Waals surface area contributed by atoms with E-state index in [1.807, 2.05) is 24.3 Å². The minimum absolute atomic E-state index is 0.455. The highest BCUT2D eigenvalue weighted by Crippen LogP contribution is 2.35. The van der Waals surface area contributed by atoms with E-state index >= 15 is 0 Å². The van der Waals surface area contributed by atoms with Gasteiger partial charge in [0.05, 0.1) is 17.7 Å². The lowest BCUT2D eigenvalue weighted by Gasteiger charge is -2.29. The molecule has 2 nitrogen and oxygen atoms in total. The number of rotatable bonds is 5. The Balaban J connectivity index is 1.58. The van der Waals surface area contributed by atoms with E-state index in [2.05, 4.69) is 44.2 Å². The van der Waals surface area contributed by atoms with Crippen LogP contribution in [0.5, 0.6) is 0 Å². The molecule has 1 fully saturated rings. The van der Waals surface area contributed by atoms with Gasteiger partial charge >= 0.3 is 0 Å². The molecule has 2 aromatic rings. The van der Waals surface area contributed by atoms with Gasteiger partial charge in [-0.15, -0.1) is 0 Å². The summed E-state index contributed by atoms with van der Waals surface area (Å²) in [5.74, 6) is 1.28. The highest BCUT2D eigenvalue weighted by molar-refractivity contribution is 5.64. The van der Waals surface area contributed by atoms with Crippen LogP contribution in [0.1, 0.15) is 56.6 Å². The first-order chi connectivity index (χ1) is 12.2. The van der Waals surface area contributed by atoms with Crippen molar-refractivity contribution in [3.05, 3.63) is 59.7 Å². The van der Waals surface area contributed by atoms with Crippen LogP contribution < -0.4 is 0 Å². The van der Waals surface area contributed by atoms with Gasteiger partial charge in [0.1, 0.15) is 0 Å². The van der Waals surface area contributed by atoms with Crippen LogP contribution in [-0.2, 0) is 4.74 Å². The molecule has 25 heavy (non-hydrogen) atoms. The molecule has 0 bridgehead atoms. The van der Waals surface area contributed by atoms with Crippen molar-refractivity contribution in [3.63, 3.8) is 0 Å².